The number of nitrogens with one attached hydrogen (secondary N) is 1. The zero-order valence-electron chi connectivity index (χ0n) is 18.4. The van der Waals surface area contributed by atoms with E-state index in [1.807, 2.05) is 30.5 Å². The fourth-order valence-corrected chi connectivity index (χ4v) is 4.49. The molecule has 1 N–H and O–H groups in total. The normalized spacial score (nSPS) is 10.9. The molecule has 2 heterocycles. The van der Waals surface area contributed by atoms with Crippen LogP contribution in [0.1, 0.15) is 5.56 Å². The molecule has 0 aliphatic rings. The fraction of sp³-hybridized carbons (Fsp3) is 0.208. The standard InChI is InChI=1S/C24H22Cl2N4O2S/c1-31-17-12-18(32-2)21(26)19(20(17)25)16-11-15-13-28-24(33-3)30-22(15)23(29-16)27-10-9-14-7-5-4-6-8-14/h4-8,11-13H,9-10H2,1-3H3,(H,27,29). The topological polar surface area (TPSA) is 69.2 Å². The number of benzene rings is 2. The highest BCUT2D eigenvalue weighted by molar-refractivity contribution is 7.98. The van der Waals surface area contributed by atoms with Crippen LogP contribution in [0.2, 0.25) is 10.0 Å². The summed E-state index contributed by atoms with van der Waals surface area (Å²) in [7, 11) is 3.08. The van der Waals surface area contributed by atoms with Gasteiger partial charge in [0.1, 0.15) is 17.0 Å². The van der Waals surface area contributed by atoms with Gasteiger partial charge in [0, 0.05) is 29.8 Å². The van der Waals surface area contributed by atoms with Gasteiger partial charge in [-0.15, -0.1) is 0 Å². The van der Waals surface area contributed by atoms with Crippen molar-refractivity contribution in [2.45, 2.75) is 11.6 Å². The predicted molar refractivity (Wildman–Crippen MR) is 136 cm³/mol. The fourth-order valence-electron chi connectivity index (χ4n) is 3.45. The summed E-state index contributed by atoms with van der Waals surface area (Å²) in [6.07, 6.45) is 4.55. The van der Waals surface area contributed by atoms with E-state index in [1.54, 1.807) is 26.5 Å². The molecule has 33 heavy (non-hydrogen) atoms. The third kappa shape index (κ3) is 4.95. The van der Waals surface area contributed by atoms with Crippen molar-refractivity contribution in [3.05, 3.63) is 64.3 Å². The van der Waals surface area contributed by atoms with Gasteiger partial charge in [-0.2, -0.15) is 0 Å². The summed E-state index contributed by atoms with van der Waals surface area (Å²) in [6.45, 7) is 0.678. The van der Waals surface area contributed by atoms with Crippen LogP contribution in [0.25, 0.3) is 22.2 Å². The summed E-state index contributed by atoms with van der Waals surface area (Å²) < 4.78 is 10.9. The van der Waals surface area contributed by atoms with E-state index in [9.17, 15) is 0 Å². The Bertz CT molecular complexity index is 1260. The van der Waals surface area contributed by atoms with Crippen LogP contribution in [-0.4, -0.2) is 42.0 Å². The molecule has 2 aromatic carbocycles. The summed E-state index contributed by atoms with van der Waals surface area (Å²) in [5.41, 5.74) is 3.05. The van der Waals surface area contributed by atoms with E-state index >= 15 is 0 Å². The largest absolute Gasteiger partial charge is 0.495 e. The molecule has 0 bridgehead atoms. The molecule has 0 amide bonds. The van der Waals surface area contributed by atoms with E-state index in [2.05, 4.69) is 27.4 Å². The molecular weight excluding hydrogens is 479 g/mol. The van der Waals surface area contributed by atoms with Gasteiger partial charge < -0.3 is 14.8 Å². The zero-order chi connectivity index (χ0) is 23.4. The van der Waals surface area contributed by atoms with Crippen molar-refractivity contribution >= 4 is 51.7 Å². The summed E-state index contributed by atoms with van der Waals surface area (Å²) in [6, 6.07) is 13.8. The summed E-state index contributed by atoms with van der Waals surface area (Å²) in [5.74, 6) is 1.52. The Morgan fingerprint density at radius 1 is 0.970 bits per heavy atom. The Morgan fingerprint density at radius 3 is 2.30 bits per heavy atom. The van der Waals surface area contributed by atoms with Crippen LogP contribution in [0, 0.1) is 0 Å². The van der Waals surface area contributed by atoms with Gasteiger partial charge in [-0.1, -0.05) is 65.3 Å². The summed E-state index contributed by atoms with van der Waals surface area (Å²) in [5, 5.41) is 5.62. The highest BCUT2D eigenvalue weighted by Gasteiger charge is 2.21. The quantitative estimate of drug-likeness (QED) is 0.222. The van der Waals surface area contributed by atoms with Crippen LogP contribution in [0.15, 0.2) is 53.8 Å². The van der Waals surface area contributed by atoms with E-state index in [1.165, 1.54) is 17.3 Å². The first-order valence-electron chi connectivity index (χ1n) is 10.2. The molecule has 170 valence electrons. The Labute approximate surface area is 206 Å². The second kappa shape index (κ2) is 10.5. The van der Waals surface area contributed by atoms with Gasteiger partial charge in [0.05, 0.1) is 30.0 Å². The lowest BCUT2D eigenvalue weighted by molar-refractivity contribution is 0.395. The molecule has 0 saturated carbocycles. The zero-order valence-corrected chi connectivity index (χ0v) is 20.7. The average molecular weight is 501 g/mol. The van der Waals surface area contributed by atoms with Crippen LogP contribution in [0.4, 0.5) is 5.82 Å². The molecule has 0 aliphatic heterocycles. The molecule has 0 aliphatic carbocycles. The second-order valence-corrected chi connectivity index (χ2v) is 8.63. The highest BCUT2D eigenvalue weighted by Crippen LogP contribution is 2.46. The van der Waals surface area contributed by atoms with Crippen molar-refractivity contribution < 1.29 is 9.47 Å². The van der Waals surface area contributed by atoms with Gasteiger partial charge in [0.15, 0.2) is 11.0 Å². The minimum Gasteiger partial charge on any atom is -0.495 e. The van der Waals surface area contributed by atoms with E-state index in [-0.39, 0.29) is 0 Å². The van der Waals surface area contributed by atoms with Gasteiger partial charge in [-0.05, 0) is 24.3 Å². The van der Waals surface area contributed by atoms with Gasteiger partial charge in [-0.25, -0.2) is 15.0 Å². The van der Waals surface area contributed by atoms with Crippen molar-refractivity contribution in [2.75, 3.05) is 32.3 Å². The Kier molecular flexibility index (Phi) is 7.42. The third-order valence-corrected chi connectivity index (χ3v) is 6.42. The molecule has 0 fully saturated rings. The molecule has 0 atom stereocenters. The lowest BCUT2D eigenvalue weighted by Crippen LogP contribution is -2.08. The molecule has 6 nitrogen and oxygen atoms in total. The number of hydrogen-bond donors (Lipinski definition) is 1. The third-order valence-electron chi connectivity index (χ3n) is 5.11. The molecule has 0 saturated heterocycles. The monoisotopic (exact) mass is 500 g/mol. The number of rotatable bonds is 8. The van der Waals surface area contributed by atoms with Gasteiger partial charge in [0.25, 0.3) is 0 Å². The van der Waals surface area contributed by atoms with Crippen LogP contribution >= 0.6 is 35.0 Å². The Balaban J connectivity index is 1.82. The average Bonchev–Trinajstić information content (AvgIpc) is 2.84. The molecule has 9 heteroatoms. The maximum absolute atomic E-state index is 6.65. The lowest BCUT2D eigenvalue weighted by Gasteiger charge is -2.16. The van der Waals surface area contributed by atoms with Crippen molar-refractivity contribution in [1.82, 2.24) is 15.0 Å². The molecule has 2 aromatic heterocycles. The molecule has 0 spiro atoms. The van der Waals surface area contributed by atoms with Crippen molar-refractivity contribution in [3.63, 3.8) is 0 Å². The minimum absolute atomic E-state index is 0.354. The number of anilines is 1. The van der Waals surface area contributed by atoms with Crippen LogP contribution in [-0.2, 0) is 6.42 Å². The lowest BCUT2D eigenvalue weighted by atomic mass is 10.1. The predicted octanol–water partition coefficient (Wildman–Crippen LogP) is 6.39. The number of fused-ring (bicyclic) bond motifs is 1. The summed E-state index contributed by atoms with van der Waals surface area (Å²) in [4.78, 5) is 14.0. The van der Waals surface area contributed by atoms with E-state index in [0.717, 1.165) is 17.3 Å². The molecule has 0 radical (unpaired) electrons. The first kappa shape index (κ1) is 23.4. The second-order valence-electron chi connectivity index (χ2n) is 7.10. The van der Waals surface area contributed by atoms with E-state index < -0.39 is 0 Å². The van der Waals surface area contributed by atoms with Crippen LogP contribution < -0.4 is 14.8 Å². The van der Waals surface area contributed by atoms with Crippen LogP contribution in [0.3, 0.4) is 0 Å². The number of pyridine rings is 1. The van der Waals surface area contributed by atoms with Gasteiger partial charge in [-0.3, -0.25) is 0 Å². The minimum atomic E-state index is 0.354. The first-order valence-corrected chi connectivity index (χ1v) is 12.1. The van der Waals surface area contributed by atoms with Gasteiger partial charge in [0.2, 0.25) is 0 Å². The number of hydrogen-bond acceptors (Lipinski definition) is 7. The number of thioether (sulfide) groups is 1. The molecular formula is C24H22Cl2N4O2S. The van der Waals surface area contributed by atoms with Crippen molar-refractivity contribution in [2.24, 2.45) is 0 Å². The first-order chi connectivity index (χ1) is 16.0. The Hall–Kier alpha value is -2.74. The number of halogens is 2. The number of ether oxygens (including phenoxy) is 2. The van der Waals surface area contributed by atoms with Gasteiger partial charge >= 0.3 is 0 Å². The molecule has 0 unspecified atom stereocenters. The number of aromatic nitrogens is 3. The highest BCUT2D eigenvalue weighted by atomic mass is 35.5. The maximum Gasteiger partial charge on any atom is 0.187 e. The number of nitrogens with zero attached hydrogens (tertiary/aromatic N) is 3. The Morgan fingerprint density at radius 2 is 1.67 bits per heavy atom. The van der Waals surface area contributed by atoms with E-state index in [0.29, 0.717) is 50.3 Å². The maximum atomic E-state index is 6.65. The number of methoxy groups -OCH3 is 2. The van der Waals surface area contributed by atoms with Crippen LogP contribution in [0.5, 0.6) is 11.5 Å². The smallest absolute Gasteiger partial charge is 0.187 e. The SMILES string of the molecule is COc1cc(OC)c(Cl)c(-c2cc3cnc(SC)nc3c(NCCc3ccccc3)n2)c1Cl. The van der Waals surface area contributed by atoms with E-state index in [4.69, 9.17) is 37.7 Å². The van der Waals surface area contributed by atoms with Crippen molar-refractivity contribution in [1.29, 1.82) is 0 Å². The summed E-state index contributed by atoms with van der Waals surface area (Å²) >= 11 is 14.8. The molecule has 4 aromatic rings. The van der Waals surface area contributed by atoms with Crippen molar-refractivity contribution in [3.8, 4) is 22.8 Å². The molecule has 4 rings (SSSR count).